The van der Waals surface area contributed by atoms with Crippen molar-refractivity contribution < 1.29 is 34.9 Å². The molecule has 2 rings (SSSR count). The van der Waals surface area contributed by atoms with E-state index in [0.717, 1.165) is 5.56 Å². The second-order valence-corrected chi connectivity index (χ2v) is 6.02. The molecule has 154 valence electrons. The Hall–Kier alpha value is -2.77. The van der Waals surface area contributed by atoms with Gasteiger partial charge in [-0.05, 0) is 17.7 Å². The highest BCUT2D eigenvalue weighted by Crippen LogP contribution is 2.20. The summed E-state index contributed by atoms with van der Waals surface area (Å²) in [6.45, 7) is -1.09. The van der Waals surface area contributed by atoms with Gasteiger partial charge in [-0.1, -0.05) is 17.3 Å². The number of nitrogens with two attached hydrogens (primary N) is 1. The number of hydrogen-bond acceptors (Lipinski definition) is 10. The van der Waals surface area contributed by atoms with E-state index in [0.29, 0.717) is 0 Å². The Kier molecular flexibility index (Phi) is 7.66. The first-order valence-corrected chi connectivity index (χ1v) is 8.36. The van der Waals surface area contributed by atoms with Crippen molar-refractivity contribution in [2.45, 2.75) is 30.8 Å². The molecule has 0 spiro atoms. The second kappa shape index (κ2) is 9.96. The number of aromatic hydroxyl groups is 1. The van der Waals surface area contributed by atoms with E-state index in [1.807, 2.05) is 0 Å². The van der Waals surface area contributed by atoms with Crippen LogP contribution in [0.4, 0.5) is 4.79 Å². The number of rotatable bonds is 9. The molecule has 12 heteroatoms. The van der Waals surface area contributed by atoms with Crippen molar-refractivity contribution in [3.05, 3.63) is 41.5 Å². The molecular formula is C16H23N5O7. The quantitative estimate of drug-likeness (QED) is 0.219. The van der Waals surface area contributed by atoms with Crippen LogP contribution >= 0.6 is 0 Å². The first kappa shape index (κ1) is 21.5. The third-order valence-electron chi connectivity index (χ3n) is 3.84. The Morgan fingerprint density at radius 1 is 1.14 bits per heavy atom. The third-order valence-corrected chi connectivity index (χ3v) is 3.84. The molecule has 2 aromatic rings. The summed E-state index contributed by atoms with van der Waals surface area (Å²) < 4.78 is 5.13. The van der Waals surface area contributed by atoms with Crippen molar-refractivity contribution in [1.29, 1.82) is 0 Å². The van der Waals surface area contributed by atoms with Gasteiger partial charge in [-0.15, -0.1) is 0 Å². The highest BCUT2D eigenvalue weighted by molar-refractivity contribution is 5.74. The van der Waals surface area contributed by atoms with E-state index < -0.39 is 43.7 Å². The molecule has 12 nitrogen and oxygen atoms in total. The average molecular weight is 397 g/mol. The lowest BCUT2D eigenvalue weighted by Crippen LogP contribution is -2.50. The predicted octanol–water partition coefficient (Wildman–Crippen LogP) is -1.98. The lowest BCUT2D eigenvalue weighted by atomic mass is 10.1. The highest BCUT2D eigenvalue weighted by atomic mass is 16.5. The number of amides is 2. The Labute approximate surface area is 159 Å². The summed E-state index contributed by atoms with van der Waals surface area (Å²) in [7, 11) is 0. The maximum absolute atomic E-state index is 12.2. The molecular weight excluding hydrogens is 374 g/mol. The van der Waals surface area contributed by atoms with Gasteiger partial charge in [-0.25, -0.2) is 4.79 Å². The topological polar surface area (TPSA) is 207 Å². The molecule has 1 heterocycles. The van der Waals surface area contributed by atoms with Crippen LogP contribution in [0.1, 0.15) is 29.4 Å². The number of carbonyl (C=O) groups excluding carboxylic acids is 1. The number of aliphatic hydroxyl groups excluding tert-OH is 3. The molecule has 0 aliphatic heterocycles. The van der Waals surface area contributed by atoms with E-state index in [2.05, 4.69) is 20.8 Å². The smallest absolute Gasteiger partial charge is 0.315 e. The first-order valence-electron chi connectivity index (χ1n) is 8.36. The molecule has 3 atom stereocenters. The van der Waals surface area contributed by atoms with E-state index in [1.54, 1.807) is 12.1 Å². The number of phenolic OH excluding ortho intramolecular Hbond substituents is 1. The SMILES string of the molecule is N[C@@H](CO)c1noc([C@H](Cc2ccc(O)cc2)NC(=O)N[C@@H](CO)C(O)O)n1. The van der Waals surface area contributed by atoms with Crippen LogP contribution in [0.15, 0.2) is 28.8 Å². The number of hydrogen-bond donors (Lipinski definition) is 8. The standard InChI is InChI=1S/C16H23N5O7/c17-10(6-22)13-20-14(28-21-13)11(5-8-1-3-9(24)4-2-8)18-16(27)19-12(7-23)15(25)26/h1-4,10-12,15,22-26H,5-7,17H2,(H2,18,19,27)/t10-,11-,12-/m0/s1. The van der Waals surface area contributed by atoms with Gasteiger partial charge in [0, 0.05) is 6.42 Å². The van der Waals surface area contributed by atoms with Gasteiger partial charge >= 0.3 is 6.03 Å². The lowest BCUT2D eigenvalue weighted by molar-refractivity contribution is -0.0747. The lowest BCUT2D eigenvalue weighted by Gasteiger charge is -2.21. The largest absolute Gasteiger partial charge is 0.508 e. The van der Waals surface area contributed by atoms with Gasteiger partial charge in [0.1, 0.15) is 17.8 Å². The van der Waals surface area contributed by atoms with Crippen LogP contribution in [0.5, 0.6) is 5.75 Å². The number of aromatic nitrogens is 2. The number of nitrogens with zero attached hydrogens (tertiary/aromatic N) is 2. The molecule has 0 bridgehead atoms. The van der Waals surface area contributed by atoms with E-state index in [-0.39, 0.29) is 23.9 Å². The highest BCUT2D eigenvalue weighted by Gasteiger charge is 2.25. The Bertz CT molecular complexity index is 752. The van der Waals surface area contributed by atoms with Gasteiger partial charge in [0.15, 0.2) is 12.1 Å². The van der Waals surface area contributed by atoms with Crippen LogP contribution in [0.3, 0.4) is 0 Å². The summed E-state index contributed by atoms with van der Waals surface area (Å²) in [6, 6.07) is 2.39. The van der Waals surface area contributed by atoms with Crippen molar-refractivity contribution in [3.63, 3.8) is 0 Å². The zero-order chi connectivity index (χ0) is 20.7. The molecule has 9 N–H and O–H groups in total. The van der Waals surface area contributed by atoms with Crippen LogP contribution in [0.25, 0.3) is 0 Å². The van der Waals surface area contributed by atoms with Crippen LogP contribution in [-0.2, 0) is 6.42 Å². The van der Waals surface area contributed by atoms with Gasteiger partial charge < -0.3 is 46.4 Å². The molecule has 0 fully saturated rings. The van der Waals surface area contributed by atoms with Gasteiger partial charge in [0.05, 0.1) is 19.3 Å². The summed E-state index contributed by atoms with van der Waals surface area (Å²) in [4.78, 5) is 16.3. The first-order chi connectivity index (χ1) is 13.3. The molecule has 1 aromatic heterocycles. The summed E-state index contributed by atoms with van der Waals surface area (Å²) >= 11 is 0. The van der Waals surface area contributed by atoms with Gasteiger partial charge in [0.25, 0.3) is 0 Å². The van der Waals surface area contributed by atoms with Crippen molar-refractivity contribution in [1.82, 2.24) is 20.8 Å². The molecule has 0 aliphatic carbocycles. The summed E-state index contributed by atoms with van der Waals surface area (Å²) in [5.74, 6) is 0.129. The Balaban J connectivity index is 2.19. The minimum absolute atomic E-state index is 0.00669. The Morgan fingerprint density at radius 2 is 1.82 bits per heavy atom. The van der Waals surface area contributed by atoms with Crippen LogP contribution in [0, 0.1) is 0 Å². The molecule has 0 saturated heterocycles. The van der Waals surface area contributed by atoms with Crippen molar-refractivity contribution in [3.8, 4) is 5.75 Å². The minimum atomic E-state index is -1.95. The van der Waals surface area contributed by atoms with E-state index in [9.17, 15) is 9.90 Å². The van der Waals surface area contributed by atoms with Crippen LogP contribution in [0.2, 0.25) is 0 Å². The van der Waals surface area contributed by atoms with Crippen molar-refractivity contribution in [2.24, 2.45) is 5.73 Å². The zero-order valence-electron chi connectivity index (χ0n) is 14.8. The van der Waals surface area contributed by atoms with Gasteiger partial charge in [-0.3, -0.25) is 0 Å². The van der Waals surface area contributed by atoms with E-state index in [4.69, 9.17) is 30.7 Å². The fraction of sp³-hybridized carbons (Fsp3) is 0.438. The van der Waals surface area contributed by atoms with Crippen LogP contribution in [-0.4, -0.2) is 67.3 Å². The minimum Gasteiger partial charge on any atom is -0.508 e. The maximum Gasteiger partial charge on any atom is 0.315 e. The number of aliphatic hydroxyl groups is 4. The molecule has 28 heavy (non-hydrogen) atoms. The molecule has 1 aromatic carbocycles. The number of nitrogens with one attached hydrogen (secondary N) is 2. The maximum atomic E-state index is 12.2. The fourth-order valence-electron chi connectivity index (χ4n) is 2.27. The summed E-state index contributed by atoms with van der Waals surface area (Å²) in [5, 5.41) is 54.2. The van der Waals surface area contributed by atoms with E-state index in [1.165, 1.54) is 12.1 Å². The molecule has 0 saturated carbocycles. The Morgan fingerprint density at radius 3 is 2.39 bits per heavy atom. The normalized spacial score (nSPS) is 14.5. The van der Waals surface area contributed by atoms with Gasteiger partial charge in [0.2, 0.25) is 5.89 Å². The second-order valence-electron chi connectivity index (χ2n) is 6.02. The number of urea groups is 1. The molecule has 0 radical (unpaired) electrons. The summed E-state index contributed by atoms with van der Waals surface area (Å²) in [5.41, 5.74) is 6.37. The predicted molar refractivity (Wildman–Crippen MR) is 93.6 cm³/mol. The third kappa shape index (κ3) is 5.87. The number of carbonyl (C=O) groups is 1. The van der Waals surface area contributed by atoms with Gasteiger partial charge in [-0.2, -0.15) is 4.98 Å². The summed E-state index contributed by atoms with van der Waals surface area (Å²) in [6.07, 6.45) is -1.77. The van der Waals surface area contributed by atoms with E-state index >= 15 is 0 Å². The average Bonchev–Trinajstić information content (AvgIpc) is 3.16. The fourth-order valence-corrected chi connectivity index (χ4v) is 2.27. The number of benzene rings is 1. The number of phenols is 1. The van der Waals surface area contributed by atoms with Crippen molar-refractivity contribution in [2.75, 3.05) is 13.2 Å². The monoisotopic (exact) mass is 397 g/mol. The molecule has 0 aliphatic rings. The zero-order valence-corrected chi connectivity index (χ0v) is 14.8. The molecule has 0 unspecified atom stereocenters. The van der Waals surface area contributed by atoms with Crippen LogP contribution < -0.4 is 16.4 Å². The molecule has 2 amide bonds. The van der Waals surface area contributed by atoms with Crippen molar-refractivity contribution >= 4 is 6.03 Å².